The molecule has 0 fully saturated rings. The van der Waals surface area contributed by atoms with Crippen LogP contribution in [0.4, 0.5) is 4.79 Å². The molecule has 0 aliphatic carbocycles. The zero-order valence-electron chi connectivity index (χ0n) is 17.6. The lowest BCUT2D eigenvalue weighted by molar-refractivity contribution is -0.143. The molecule has 1 aromatic rings. The summed E-state index contributed by atoms with van der Waals surface area (Å²) in [4.78, 5) is 41.2. The molecule has 31 heavy (non-hydrogen) atoms. The highest BCUT2D eigenvalue weighted by Crippen LogP contribution is 2.19. The van der Waals surface area contributed by atoms with Crippen molar-refractivity contribution in [3.8, 4) is 6.07 Å². The van der Waals surface area contributed by atoms with Crippen molar-refractivity contribution in [3.05, 3.63) is 35.4 Å². The maximum atomic E-state index is 12.3. The number of nitrogens with zero attached hydrogens (tertiary/aromatic N) is 2. The number of rotatable bonds is 10. The predicted molar refractivity (Wildman–Crippen MR) is 110 cm³/mol. The van der Waals surface area contributed by atoms with Gasteiger partial charge in [-0.15, -0.1) is 0 Å². The normalized spacial score (nSPS) is 15.6. The minimum absolute atomic E-state index is 0.0259. The van der Waals surface area contributed by atoms with Crippen LogP contribution < -0.4 is 10.6 Å². The van der Waals surface area contributed by atoms with Gasteiger partial charge in [0.25, 0.3) is 0 Å². The molecule has 0 aromatic heterocycles. The van der Waals surface area contributed by atoms with Crippen molar-refractivity contribution < 1.29 is 28.7 Å². The van der Waals surface area contributed by atoms with Gasteiger partial charge in [0.05, 0.1) is 37.5 Å². The molecule has 1 heterocycles. The molecule has 10 heteroatoms. The fourth-order valence-electron chi connectivity index (χ4n) is 2.77. The number of oxime groups is 1. The van der Waals surface area contributed by atoms with E-state index in [-0.39, 0.29) is 25.5 Å². The number of nitrogens with one attached hydrogen (secondary N) is 2. The average molecular weight is 430 g/mol. The maximum Gasteiger partial charge on any atom is 0.407 e. The Hall–Kier alpha value is -3.61. The van der Waals surface area contributed by atoms with Gasteiger partial charge in [-0.3, -0.25) is 4.79 Å². The second kappa shape index (κ2) is 12.2. The molecule has 0 unspecified atom stereocenters. The molecule has 0 bridgehead atoms. The molecular formula is C21H26N4O6. The summed E-state index contributed by atoms with van der Waals surface area (Å²) in [5, 5.41) is 17.9. The Bertz CT molecular complexity index is 846. The lowest BCUT2D eigenvalue weighted by Gasteiger charge is -2.17. The number of alkyl carbamates (subject to hydrolysis) is 1. The lowest BCUT2D eigenvalue weighted by atomic mass is 10.0. The third-order valence-corrected chi connectivity index (χ3v) is 4.51. The molecule has 10 nitrogen and oxygen atoms in total. The summed E-state index contributed by atoms with van der Waals surface area (Å²) in [5.41, 5.74) is 2.05. The highest BCUT2D eigenvalue weighted by atomic mass is 16.6. The smallest absolute Gasteiger partial charge is 0.407 e. The highest BCUT2D eigenvalue weighted by Gasteiger charge is 2.27. The van der Waals surface area contributed by atoms with E-state index in [1.807, 2.05) is 13.0 Å². The molecular weight excluding hydrogens is 404 g/mol. The van der Waals surface area contributed by atoms with Crippen LogP contribution in [0, 0.1) is 11.3 Å². The van der Waals surface area contributed by atoms with E-state index in [1.165, 1.54) is 7.11 Å². The van der Waals surface area contributed by atoms with E-state index in [1.54, 1.807) is 24.3 Å². The van der Waals surface area contributed by atoms with Gasteiger partial charge in [0, 0.05) is 13.0 Å². The Labute approximate surface area is 180 Å². The van der Waals surface area contributed by atoms with Crippen molar-refractivity contribution in [2.45, 2.75) is 44.8 Å². The molecule has 1 aliphatic rings. The predicted octanol–water partition coefficient (Wildman–Crippen LogP) is 1.63. The first-order chi connectivity index (χ1) is 15.0. The highest BCUT2D eigenvalue weighted by molar-refractivity contribution is 6.01. The lowest BCUT2D eigenvalue weighted by Crippen LogP contribution is -2.49. The van der Waals surface area contributed by atoms with Crippen LogP contribution in [0.3, 0.4) is 0 Å². The topological polar surface area (TPSA) is 139 Å². The van der Waals surface area contributed by atoms with E-state index in [9.17, 15) is 14.4 Å². The molecule has 1 aromatic carbocycles. The Morgan fingerprint density at radius 3 is 2.71 bits per heavy atom. The number of benzene rings is 1. The minimum Gasteiger partial charge on any atom is -0.467 e. The summed E-state index contributed by atoms with van der Waals surface area (Å²) < 4.78 is 9.63. The summed E-state index contributed by atoms with van der Waals surface area (Å²) in [6.45, 7) is 2.05. The van der Waals surface area contributed by atoms with Crippen LogP contribution in [-0.4, -0.2) is 56.1 Å². The number of nitriles is 1. The Morgan fingerprint density at radius 1 is 1.32 bits per heavy atom. The van der Waals surface area contributed by atoms with E-state index >= 15 is 0 Å². The van der Waals surface area contributed by atoms with Crippen LogP contribution in [-0.2, 0) is 23.9 Å². The van der Waals surface area contributed by atoms with Crippen molar-refractivity contribution in [2.75, 3.05) is 20.3 Å². The van der Waals surface area contributed by atoms with Crippen LogP contribution in [0.15, 0.2) is 29.4 Å². The van der Waals surface area contributed by atoms with Crippen molar-refractivity contribution in [1.29, 1.82) is 5.26 Å². The minimum atomic E-state index is -1.07. The second-order valence-electron chi connectivity index (χ2n) is 6.88. The molecule has 1 aliphatic heterocycles. The number of methoxy groups -OCH3 is 1. The van der Waals surface area contributed by atoms with E-state index in [0.717, 1.165) is 12.0 Å². The van der Waals surface area contributed by atoms with Gasteiger partial charge in [0.1, 0.15) is 12.1 Å². The third kappa shape index (κ3) is 7.62. The molecule has 2 atom stereocenters. The molecule has 0 saturated heterocycles. The fourth-order valence-corrected chi connectivity index (χ4v) is 2.77. The Balaban J connectivity index is 1.79. The third-order valence-electron chi connectivity index (χ3n) is 4.51. The van der Waals surface area contributed by atoms with Crippen molar-refractivity contribution in [1.82, 2.24) is 10.6 Å². The van der Waals surface area contributed by atoms with Crippen LogP contribution in [0.1, 0.15) is 43.7 Å². The van der Waals surface area contributed by atoms with Crippen LogP contribution in [0.25, 0.3) is 0 Å². The van der Waals surface area contributed by atoms with Crippen LogP contribution in [0.5, 0.6) is 0 Å². The number of carbonyl (C=O) groups excluding carboxylic acids is 3. The number of ether oxygens (including phenoxy) is 2. The zero-order valence-corrected chi connectivity index (χ0v) is 17.6. The molecule has 2 rings (SSSR count). The number of hydrogen-bond acceptors (Lipinski definition) is 8. The molecule has 2 N–H and O–H groups in total. The fraction of sp³-hybridized carbons (Fsp3) is 0.476. The summed E-state index contributed by atoms with van der Waals surface area (Å²) in [6, 6.07) is 7.89. The monoisotopic (exact) mass is 430 g/mol. The van der Waals surface area contributed by atoms with Gasteiger partial charge in [-0.05, 0) is 24.1 Å². The summed E-state index contributed by atoms with van der Waals surface area (Å²) in [5.74, 6) is -1.06. The largest absolute Gasteiger partial charge is 0.467 e. The number of carbonyl (C=O) groups is 3. The molecule has 2 amide bonds. The SMILES string of the molecule is CCCCOC(=O)N[C@@H](CNC(=O)C[C@@H]1CC(c2ccc(C#N)cc2)=NO1)C(=O)OC. The van der Waals surface area contributed by atoms with Gasteiger partial charge in [-0.2, -0.15) is 5.26 Å². The summed E-state index contributed by atoms with van der Waals surface area (Å²) in [6.07, 6.45) is 0.830. The zero-order chi connectivity index (χ0) is 22.6. The summed E-state index contributed by atoms with van der Waals surface area (Å²) >= 11 is 0. The average Bonchev–Trinajstić information content (AvgIpc) is 3.24. The molecule has 166 valence electrons. The maximum absolute atomic E-state index is 12.3. The standard InChI is InChI=1S/C21H26N4O6/c1-3-4-9-30-21(28)24-18(20(27)29-2)13-23-19(26)11-16-10-17(25-31-16)15-7-5-14(12-22)6-8-15/h5-8,16,18H,3-4,9-11,13H2,1-2H3,(H,23,26)(H,24,28)/t16-,18-/m0/s1. The van der Waals surface area contributed by atoms with Gasteiger partial charge >= 0.3 is 12.1 Å². The van der Waals surface area contributed by atoms with Crippen molar-refractivity contribution in [2.24, 2.45) is 5.16 Å². The first-order valence-electron chi connectivity index (χ1n) is 9.97. The van der Waals surface area contributed by atoms with Crippen LogP contribution >= 0.6 is 0 Å². The second-order valence-corrected chi connectivity index (χ2v) is 6.88. The van der Waals surface area contributed by atoms with Gasteiger partial charge in [-0.1, -0.05) is 30.6 Å². The van der Waals surface area contributed by atoms with Crippen LogP contribution in [0.2, 0.25) is 0 Å². The molecule has 0 saturated carbocycles. The number of amides is 2. The van der Waals surface area contributed by atoms with Crippen molar-refractivity contribution in [3.63, 3.8) is 0 Å². The van der Waals surface area contributed by atoms with Crippen molar-refractivity contribution >= 4 is 23.7 Å². The number of esters is 1. The Morgan fingerprint density at radius 2 is 2.06 bits per heavy atom. The van der Waals surface area contributed by atoms with E-state index in [2.05, 4.69) is 20.5 Å². The first kappa shape index (κ1) is 23.7. The summed E-state index contributed by atoms with van der Waals surface area (Å²) in [7, 11) is 1.19. The molecule has 0 radical (unpaired) electrons. The van der Waals surface area contributed by atoms with Gasteiger partial charge in [-0.25, -0.2) is 9.59 Å². The van der Waals surface area contributed by atoms with E-state index in [4.69, 9.17) is 14.8 Å². The van der Waals surface area contributed by atoms with Gasteiger partial charge in [0.15, 0.2) is 0 Å². The van der Waals surface area contributed by atoms with Gasteiger partial charge in [0.2, 0.25) is 5.91 Å². The Kier molecular flexibility index (Phi) is 9.29. The molecule has 0 spiro atoms. The van der Waals surface area contributed by atoms with E-state index < -0.39 is 24.2 Å². The quantitative estimate of drug-likeness (QED) is 0.425. The number of hydrogen-bond donors (Lipinski definition) is 2. The van der Waals surface area contributed by atoms with E-state index in [0.29, 0.717) is 24.1 Å². The number of unbranched alkanes of at least 4 members (excludes halogenated alkanes) is 1. The first-order valence-corrected chi connectivity index (χ1v) is 9.97. The van der Waals surface area contributed by atoms with Gasteiger partial charge < -0.3 is 24.9 Å².